The normalized spacial score (nSPS) is 23.5. The predicted octanol–water partition coefficient (Wildman–Crippen LogP) is 3.28. The van der Waals surface area contributed by atoms with Crippen LogP contribution in [0.4, 0.5) is 0 Å². The van der Waals surface area contributed by atoms with Crippen LogP contribution in [0.1, 0.15) is 41.4 Å². The Balaban J connectivity index is 2.19. The van der Waals surface area contributed by atoms with Gasteiger partial charge in [-0.1, -0.05) is 6.42 Å². The molecule has 13 heavy (non-hydrogen) atoms. The lowest BCUT2D eigenvalue weighted by Gasteiger charge is -2.18. The van der Waals surface area contributed by atoms with E-state index in [0.717, 1.165) is 19.3 Å². The Kier molecular flexibility index (Phi) is 2.49. The molecule has 0 bridgehead atoms. The van der Waals surface area contributed by atoms with Crippen LogP contribution in [0.5, 0.6) is 0 Å². The van der Waals surface area contributed by atoms with Crippen LogP contribution in [0, 0.1) is 6.92 Å². The number of hydrogen-bond acceptors (Lipinski definition) is 2. The standard InChI is InChI=1S/C11H14OS/c1-8-6-7-11(13-8)9-4-2-3-5-10(9)12/h6-7,9H,2-5H2,1H3. The highest BCUT2D eigenvalue weighted by atomic mass is 32.1. The molecule has 2 heteroatoms. The predicted molar refractivity (Wildman–Crippen MR) is 55.3 cm³/mol. The molecule has 0 N–H and O–H groups in total. The number of thiophene rings is 1. The van der Waals surface area contributed by atoms with Gasteiger partial charge in [0.2, 0.25) is 0 Å². The van der Waals surface area contributed by atoms with E-state index in [4.69, 9.17) is 0 Å². The van der Waals surface area contributed by atoms with E-state index >= 15 is 0 Å². The Labute approximate surface area is 82.8 Å². The maximum absolute atomic E-state index is 11.6. The highest BCUT2D eigenvalue weighted by molar-refractivity contribution is 7.12. The smallest absolute Gasteiger partial charge is 0.141 e. The second-order valence-electron chi connectivity index (χ2n) is 3.71. The number of ketones is 1. The van der Waals surface area contributed by atoms with Crippen molar-refractivity contribution in [3.63, 3.8) is 0 Å². The van der Waals surface area contributed by atoms with Crippen molar-refractivity contribution in [2.75, 3.05) is 0 Å². The van der Waals surface area contributed by atoms with E-state index in [1.807, 2.05) is 0 Å². The van der Waals surface area contributed by atoms with Gasteiger partial charge < -0.3 is 0 Å². The Hall–Kier alpha value is -0.630. The molecule has 0 aliphatic heterocycles. The second kappa shape index (κ2) is 3.62. The van der Waals surface area contributed by atoms with E-state index in [2.05, 4.69) is 19.1 Å². The zero-order valence-corrected chi connectivity index (χ0v) is 8.69. The summed E-state index contributed by atoms with van der Waals surface area (Å²) < 4.78 is 0. The van der Waals surface area contributed by atoms with Crippen LogP contribution in [-0.4, -0.2) is 5.78 Å². The SMILES string of the molecule is Cc1ccc(C2CCCCC2=O)s1. The van der Waals surface area contributed by atoms with Gasteiger partial charge in [-0.2, -0.15) is 0 Å². The Morgan fingerprint density at radius 2 is 2.23 bits per heavy atom. The molecule has 0 amide bonds. The zero-order valence-electron chi connectivity index (χ0n) is 7.88. The molecule has 70 valence electrons. The first kappa shape index (κ1) is 8.95. The largest absolute Gasteiger partial charge is 0.299 e. The Bertz CT molecular complexity index is 314. The number of aryl methyl sites for hydroxylation is 1. The summed E-state index contributed by atoms with van der Waals surface area (Å²) in [6, 6.07) is 4.23. The summed E-state index contributed by atoms with van der Waals surface area (Å²) in [6.07, 6.45) is 4.17. The molecule has 0 spiro atoms. The van der Waals surface area contributed by atoms with Crippen LogP contribution in [0.2, 0.25) is 0 Å². The number of carbonyl (C=O) groups excluding carboxylic acids is 1. The van der Waals surface area contributed by atoms with Crippen LogP contribution in [0.25, 0.3) is 0 Å². The van der Waals surface area contributed by atoms with Gasteiger partial charge in [-0.25, -0.2) is 0 Å². The minimum Gasteiger partial charge on any atom is -0.299 e. The molecule has 1 nitrogen and oxygen atoms in total. The average molecular weight is 194 g/mol. The van der Waals surface area contributed by atoms with Gasteiger partial charge in [-0.15, -0.1) is 11.3 Å². The molecule has 1 unspecified atom stereocenters. The lowest BCUT2D eigenvalue weighted by atomic mass is 9.87. The molecule has 1 aliphatic rings. The lowest BCUT2D eigenvalue weighted by molar-refractivity contribution is -0.121. The third kappa shape index (κ3) is 1.83. The first-order valence-corrected chi connectivity index (χ1v) is 5.68. The van der Waals surface area contributed by atoms with Crippen molar-refractivity contribution in [3.05, 3.63) is 21.9 Å². The molecule has 1 fully saturated rings. The molecular weight excluding hydrogens is 180 g/mol. The van der Waals surface area contributed by atoms with Gasteiger partial charge in [-0.3, -0.25) is 4.79 Å². The third-order valence-electron chi connectivity index (χ3n) is 2.66. The minimum absolute atomic E-state index is 0.229. The summed E-state index contributed by atoms with van der Waals surface area (Å²) in [5.41, 5.74) is 0. The first-order valence-electron chi connectivity index (χ1n) is 4.86. The van der Waals surface area contributed by atoms with E-state index in [-0.39, 0.29) is 5.92 Å². The van der Waals surface area contributed by atoms with Gasteiger partial charge in [0.25, 0.3) is 0 Å². The molecular formula is C11H14OS. The molecule has 1 heterocycles. The highest BCUT2D eigenvalue weighted by Crippen LogP contribution is 2.33. The fourth-order valence-corrected chi connectivity index (χ4v) is 2.96. The molecule has 1 aromatic heterocycles. The average Bonchev–Trinajstić information content (AvgIpc) is 2.53. The van der Waals surface area contributed by atoms with Gasteiger partial charge in [0.15, 0.2) is 0 Å². The second-order valence-corrected chi connectivity index (χ2v) is 5.03. The number of carbonyl (C=O) groups is 1. The van der Waals surface area contributed by atoms with E-state index < -0.39 is 0 Å². The summed E-state index contributed by atoms with van der Waals surface area (Å²) in [6.45, 7) is 2.10. The zero-order chi connectivity index (χ0) is 9.26. The molecule has 0 radical (unpaired) electrons. The maximum Gasteiger partial charge on any atom is 0.141 e. The summed E-state index contributed by atoms with van der Waals surface area (Å²) in [5.74, 6) is 0.681. The van der Waals surface area contributed by atoms with Crippen LogP contribution in [-0.2, 0) is 4.79 Å². The molecule has 1 aliphatic carbocycles. The fraction of sp³-hybridized carbons (Fsp3) is 0.545. The summed E-state index contributed by atoms with van der Waals surface area (Å²) >= 11 is 1.78. The van der Waals surface area contributed by atoms with Gasteiger partial charge in [-0.05, 0) is 31.9 Å². The number of rotatable bonds is 1. The first-order chi connectivity index (χ1) is 6.27. The molecule has 0 saturated heterocycles. The van der Waals surface area contributed by atoms with Gasteiger partial charge in [0.05, 0.1) is 5.92 Å². The third-order valence-corrected chi connectivity index (χ3v) is 3.77. The van der Waals surface area contributed by atoms with Gasteiger partial charge in [0, 0.05) is 16.2 Å². The summed E-state index contributed by atoms with van der Waals surface area (Å²) in [4.78, 5) is 14.2. The van der Waals surface area contributed by atoms with Crippen molar-refractivity contribution in [2.45, 2.75) is 38.5 Å². The quantitative estimate of drug-likeness (QED) is 0.670. The van der Waals surface area contributed by atoms with Gasteiger partial charge in [0.1, 0.15) is 5.78 Å². The molecule has 1 aromatic rings. The molecule has 1 saturated carbocycles. The minimum atomic E-state index is 0.229. The maximum atomic E-state index is 11.6. The van der Waals surface area contributed by atoms with Crippen LogP contribution in [0.15, 0.2) is 12.1 Å². The van der Waals surface area contributed by atoms with Crippen molar-refractivity contribution >= 4 is 17.1 Å². The van der Waals surface area contributed by atoms with E-state index in [0.29, 0.717) is 5.78 Å². The summed E-state index contributed by atoms with van der Waals surface area (Å²) in [5, 5.41) is 0. The lowest BCUT2D eigenvalue weighted by Crippen LogP contribution is -2.15. The molecule has 2 rings (SSSR count). The Morgan fingerprint density at radius 3 is 2.85 bits per heavy atom. The number of Topliss-reactive ketones (excluding diaryl/α,β-unsaturated/α-hetero) is 1. The van der Waals surface area contributed by atoms with E-state index in [1.54, 1.807) is 11.3 Å². The fourth-order valence-electron chi connectivity index (χ4n) is 1.92. The van der Waals surface area contributed by atoms with Crippen molar-refractivity contribution < 1.29 is 4.79 Å². The number of hydrogen-bond donors (Lipinski definition) is 0. The van der Waals surface area contributed by atoms with Crippen molar-refractivity contribution in [1.82, 2.24) is 0 Å². The monoisotopic (exact) mass is 194 g/mol. The van der Waals surface area contributed by atoms with Gasteiger partial charge >= 0.3 is 0 Å². The van der Waals surface area contributed by atoms with Crippen molar-refractivity contribution in [3.8, 4) is 0 Å². The van der Waals surface area contributed by atoms with Crippen LogP contribution >= 0.6 is 11.3 Å². The molecule has 0 aromatic carbocycles. The molecule has 1 atom stereocenters. The van der Waals surface area contributed by atoms with Crippen molar-refractivity contribution in [1.29, 1.82) is 0 Å². The Morgan fingerprint density at radius 1 is 1.38 bits per heavy atom. The highest BCUT2D eigenvalue weighted by Gasteiger charge is 2.24. The van der Waals surface area contributed by atoms with Crippen LogP contribution in [0.3, 0.4) is 0 Å². The van der Waals surface area contributed by atoms with Crippen LogP contribution < -0.4 is 0 Å². The topological polar surface area (TPSA) is 17.1 Å². The van der Waals surface area contributed by atoms with E-state index in [1.165, 1.54) is 16.2 Å². The summed E-state index contributed by atoms with van der Waals surface area (Å²) in [7, 11) is 0. The van der Waals surface area contributed by atoms with E-state index in [9.17, 15) is 4.79 Å². The van der Waals surface area contributed by atoms with Crippen molar-refractivity contribution in [2.24, 2.45) is 0 Å².